The largest absolute Gasteiger partial charge is 0.497 e. The van der Waals surface area contributed by atoms with E-state index in [1.54, 1.807) is 32.4 Å². The highest BCUT2D eigenvalue weighted by molar-refractivity contribution is 6.13. The molecule has 3 aromatic rings. The predicted molar refractivity (Wildman–Crippen MR) is 119 cm³/mol. The smallest absolute Gasteiger partial charge is 0.256 e. The second kappa shape index (κ2) is 7.97. The lowest BCUT2D eigenvalue weighted by Crippen LogP contribution is -2.24. The van der Waals surface area contributed by atoms with E-state index in [4.69, 9.17) is 19.6 Å². The van der Waals surface area contributed by atoms with Crippen LogP contribution in [-0.2, 0) is 5.54 Å². The molecule has 0 aliphatic heterocycles. The van der Waals surface area contributed by atoms with E-state index in [1.165, 1.54) is 0 Å². The number of aromatic nitrogens is 3. The van der Waals surface area contributed by atoms with Crippen molar-refractivity contribution >= 4 is 22.6 Å². The number of nitrogens with zero attached hydrogens (tertiary/aromatic N) is 3. The van der Waals surface area contributed by atoms with Gasteiger partial charge in [-0.3, -0.25) is 4.79 Å². The minimum Gasteiger partial charge on any atom is -0.497 e. The first-order valence-corrected chi connectivity index (χ1v) is 10.0. The van der Waals surface area contributed by atoms with Gasteiger partial charge in [0.2, 0.25) is 0 Å². The van der Waals surface area contributed by atoms with Crippen LogP contribution in [0.1, 0.15) is 62.3 Å². The molecule has 2 aromatic heterocycles. The van der Waals surface area contributed by atoms with Crippen LogP contribution < -0.4 is 14.8 Å². The van der Waals surface area contributed by atoms with Crippen molar-refractivity contribution in [2.45, 2.75) is 53.0 Å². The van der Waals surface area contributed by atoms with Crippen molar-refractivity contribution in [3.8, 4) is 11.5 Å². The molecule has 1 aromatic carbocycles. The third-order valence-electron chi connectivity index (χ3n) is 4.96. The number of hydrogen-bond donors (Lipinski definition) is 1. The number of amides is 1. The van der Waals surface area contributed by atoms with Crippen LogP contribution in [0.2, 0.25) is 0 Å². The Morgan fingerprint density at radius 3 is 2.40 bits per heavy atom. The van der Waals surface area contributed by atoms with Crippen LogP contribution >= 0.6 is 0 Å². The summed E-state index contributed by atoms with van der Waals surface area (Å²) in [5, 5.41) is 8.44. The Morgan fingerprint density at radius 2 is 1.83 bits per heavy atom. The summed E-state index contributed by atoms with van der Waals surface area (Å²) in [5.74, 6) is 1.11. The molecule has 0 aliphatic rings. The number of pyridine rings is 1. The maximum absolute atomic E-state index is 13.4. The van der Waals surface area contributed by atoms with E-state index in [1.807, 2.05) is 17.7 Å². The number of methoxy groups -OCH3 is 2. The van der Waals surface area contributed by atoms with Crippen molar-refractivity contribution in [1.82, 2.24) is 14.8 Å². The highest BCUT2D eigenvalue weighted by Gasteiger charge is 2.25. The molecule has 1 N–H and O–H groups in total. The molecule has 0 radical (unpaired) electrons. The number of aryl methyl sites for hydroxylation is 1. The monoisotopic (exact) mass is 410 g/mol. The van der Waals surface area contributed by atoms with E-state index in [0.717, 1.165) is 16.8 Å². The number of anilines is 1. The third kappa shape index (κ3) is 3.97. The van der Waals surface area contributed by atoms with Gasteiger partial charge in [-0.15, -0.1) is 0 Å². The number of carbonyl (C=O) groups excluding carboxylic acids is 1. The average Bonchev–Trinajstić information content (AvgIpc) is 3.04. The summed E-state index contributed by atoms with van der Waals surface area (Å²) in [6.45, 7) is 12.2. The molecular formula is C23H30N4O3. The van der Waals surface area contributed by atoms with E-state index in [2.05, 4.69) is 39.9 Å². The second-order valence-corrected chi connectivity index (χ2v) is 8.64. The fourth-order valence-corrected chi connectivity index (χ4v) is 3.35. The fraction of sp³-hybridized carbons (Fsp3) is 0.435. The predicted octanol–water partition coefficient (Wildman–Crippen LogP) is 4.89. The van der Waals surface area contributed by atoms with Crippen LogP contribution in [0.5, 0.6) is 11.5 Å². The topological polar surface area (TPSA) is 78.3 Å². The minimum absolute atomic E-state index is 0.163. The van der Waals surface area contributed by atoms with Gasteiger partial charge < -0.3 is 14.8 Å². The highest BCUT2D eigenvalue weighted by atomic mass is 16.5. The van der Waals surface area contributed by atoms with Gasteiger partial charge in [0.25, 0.3) is 5.91 Å². The van der Waals surface area contributed by atoms with Crippen LogP contribution in [0, 0.1) is 6.92 Å². The van der Waals surface area contributed by atoms with Crippen molar-refractivity contribution in [2.75, 3.05) is 19.5 Å². The Balaban J connectivity index is 2.18. The SMILES string of the molecule is COc1ccc(OC)c(NC(=O)c2cc(C(C)C)nc3c2c(C)nn3C(C)(C)C)c1. The summed E-state index contributed by atoms with van der Waals surface area (Å²) >= 11 is 0. The number of carbonyl (C=O) groups is 1. The molecule has 1 amide bonds. The lowest BCUT2D eigenvalue weighted by atomic mass is 10.0. The van der Waals surface area contributed by atoms with E-state index in [0.29, 0.717) is 28.4 Å². The maximum atomic E-state index is 13.4. The first kappa shape index (κ1) is 21.6. The van der Waals surface area contributed by atoms with Crippen LogP contribution in [0.15, 0.2) is 24.3 Å². The molecule has 0 atom stereocenters. The zero-order chi connectivity index (χ0) is 22.2. The Bertz CT molecular complexity index is 1090. The molecule has 2 heterocycles. The molecule has 160 valence electrons. The first-order chi connectivity index (χ1) is 14.1. The molecule has 0 saturated carbocycles. The van der Waals surface area contributed by atoms with Crippen LogP contribution in [0.25, 0.3) is 11.0 Å². The Labute approximate surface area is 177 Å². The zero-order valence-electron chi connectivity index (χ0n) is 19.0. The Kier molecular flexibility index (Phi) is 5.74. The normalized spacial score (nSPS) is 11.8. The van der Waals surface area contributed by atoms with Gasteiger partial charge in [-0.2, -0.15) is 5.10 Å². The maximum Gasteiger partial charge on any atom is 0.256 e. The van der Waals surface area contributed by atoms with Gasteiger partial charge in [-0.25, -0.2) is 9.67 Å². The summed E-state index contributed by atoms with van der Waals surface area (Å²) < 4.78 is 12.6. The van der Waals surface area contributed by atoms with Gasteiger partial charge in [-0.05, 0) is 51.8 Å². The molecular weight excluding hydrogens is 380 g/mol. The molecule has 0 saturated heterocycles. The van der Waals surface area contributed by atoms with Crippen LogP contribution in [-0.4, -0.2) is 34.9 Å². The van der Waals surface area contributed by atoms with Crippen molar-refractivity contribution in [2.24, 2.45) is 0 Å². The molecule has 7 heteroatoms. The molecule has 7 nitrogen and oxygen atoms in total. The highest BCUT2D eigenvalue weighted by Crippen LogP contribution is 2.32. The van der Waals surface area contributed by atoms with E-state index >= 15 is 0 Å². The number of nitrogens with one attached hydrogen (secondary N) is 1. The molecule has 0 bridgehead atoms. The van der Waals surface area contributed by atoms with E-state index < -0.39 is 0 Å². The first-order valence-electron chi connectivity index (χ1n) is 10.0. The fourth-order valence-electron chi connectivity index (χ4n) is 3.35. The van der Waals surface area contributed by atoms with Crippen molar-refractivity contribution in [1.29, 1.82) is 0 Å². The Morgan fingerprint density at radius 1 is 1.13 bits per heavy atom. The van der Waals surface area contributed by atoms with Gasteiger partial charge in [0.1, 0.15) is 11.5 Å². The molecule has 0 fully saturated rings. The summed E-state index contributed by atoms with van der Waals surface area (Å²) in [7, 11) is 3.15. The van der Waals surface area contributed by atoms with Gasteiger partial charge in [-0.1, -0.05) is 13.8 Å². The number of ether oxygens (including phenoxy) is 2. The van der Waals surface area contributed by atoms with E-state index in [-0.39, 0.29) is 17.4 Å². The lowest BCUT2D eigenvalue weighted by Gasteiger charge is -2.20. The zero-order valence-corrected chi connectivity index (χ0v) is 19.0. The second-order valence-electron chi connectivity index (χ2n) is 8.64. The molecule has 0 aliphatic carbocycles. The van der Waals surface area contributed by atoms with Gasteiger partial charge in [0.15, 0.2) is 5.65 Å². The van der Waals surface area contributed by atoms with Gasteiger partial charge >= 0.3 is 0 Å². The molecule has 30 heavy (non-hydrogen) atoms. The van der Waals surface area contributed by atoms with Gasteiger partial charge in [0, 0.05) is 11.8 Å². The molecule has 0 unspecified atom stereocenters. The molecule has 0 spiro atoms. The van der Waals surface area contributed by atoms with Crippen LogP contribution in [0.4, 0.5) is 5.69 Å². The Hall–Kier alpha value is -3.09. The van der Waals surface area contributed by atoms with Crippen molar-refractivity contribution < 1.29 is 14.3 Å². The standard InChI is InChI=1S/C23H30N4O3/c1-13(2)17-12-16(20-14(3)26-27(21(20)24-17)23(4,5)6)22(28)25-18-11-15(29-7)9-10-19(18)30-8/h9-13H,1-8H3,(H,25,28). The summed E-state index contributed by atoms with van der Waals surface area (Å²) in [6, 6.07) is 7.15. The number of benzene rings is 1. The lowest BCUT2D eigenvalue weighted by molar-refractivity contribution is 0.102. The molecule has 3 rings (SSSR count). The van der Waals surface area contributed by atoms with Crippen LogP contribution in [0.3, 0.4) is 0 Å². The number of hydrogen-bond acceptors (Lipinski definition) is 5. The summed E-state index contributed by atoms with van der Waals surface area (Å²) in [6.07, 6.45) is 0. The quantitative estimate of drug-likeness (QED) is 0.648. The summed E-state index contributed by atoms with van der Waals surface area (Å²) in [4.78, 5) is 18.3. The van der Waals surface area contributed by atoms with E-state index in [9.17, 15) is 4.79 Å². The number of rotatable bonds is 5. The van der Waals surface area contributed by atoms with Crippen molar-refractivity contribution in [3.63, 3.8) is 0 Å². The average molecular weight is 411 g/mol. The van der Waals surface area contributed by atoms with Crippen molar-refractivity contribution in [3.05, 3.63) is 41.2 Å². The number of fused-ring (bicyclic) bond motifs is 1. The third-order valence-corrected chi connectivity index (χ3v) is 4.96. The van der Waals surface area contributed by atoms with Gasteiger partial charge in [0.05, 0.1) is 42.1 Å². The summed E-state index contributed by atoms with van der Waals surface area (Å²) in [5.41, 5.74) is 3.15. The minimum atomic E-state index is -0.265.